The second-order valence-corrected chi connectivity index (χ2v) is 4.89. The third-order valence-corrected chi connectivity index (χ3v) is 3.42. The first-order valence-electron chi connectivity index (χ1n) is 6.45. The summed E-state index contributed by atoms with van der Waals surface area (Å²) in [7, 11) is 0. The molecular formula is C14H20N2O2. The van der Waals surface area contributed by atoms with Gasteiger partial charge in [0.15, 0.2) is 6.29 Å². The van der Waals surface area contributed by atoms with Gasteiger partial charge in [-0.1, -0.05) is 6.92 Å². The van der Waals surface area contributed by atoms with E-state index in [1.54, 1.807) is 6.20 Å². The summed E-state index contributed by atoms with van der Waals surface area (Å²) in [5, 5.41) is 0. The van der Waals surface area contributed by atoms with Crippen molar-refractivity contribution in [3.8, 4) is 0 Å². The number of hydrogen-bond acceptors (Lipinski definition) is 4. The normalized spacial score (nSPS) is 24.1. The van der Waals surface area contributed by atoms with Gasteiger partial charge in [-0.25, -0.2) is 4.98 Å². The molecule has 0 amide bonds. The lowest BCUT2D eigenvalue weighted by Gasteiger charge is -2.39. The van der Waals surface area contributed by atoms with Gasteiger partial charge in [-0.3, -0.25) is 4.79 Å². The summed E-state index contributed by atoms with van der Waals surface area (Å²) in [5.41, 5.74) is 1.68. The summed E-state index contributed by atoms with van der Waals surface area (Å²) in [6.07, 6.45) is 3.73. The number of hydrogen-bond donors (Lipinski definition) is 0. The molecule has 1 fully saturated rings. The number of aromatic nitrogens is 1. The molecule has 1 saturated heterocycles. The van der Waals surface area contributed by atoms with Crippen molar-refractivity contribution in [1.82, 2.24) is 4.98 Å². The summed E-state index contributed by atoms with van der Waals surface area (Å²) in [5.74, 6) is 0.975. The zero-order valence-electron chi connectivity index (χ0n) is 11.2. The van der Waals surface area contributed by atoms with E-state index in [0.29, 0.717) is 11.6 Å². The van der Waals surface area contributed by atoms with Crippen LogP contribution in [0.1, 0.15) is 36.2 Å². The Labute approximate surface area is 108 Å². The van der Waals surface area contributed by atoms with E-state index in [0.717, 1.165) is 37.2 Å². The zero-order valence-corrected chi connectivity index (χ0v) is 11.2. The van der Waals surface area contributed by atoms with Crippen LogP contribution in [0.2, 0.25) is 0 Å². The molecule has 1 aromatic rings. The standard InChI is InChI=1S/C14H20N2O2/c1-4-13-9-18-11(3)7-16(13)14-10(2)5-12(8-17)6-15-14/h5-6,8,11,13H,4,7,9H2,1-3H3. The predicted octanol–water partition coefficient (Wildman–Crippen LogP) is 2.21. The highest BCUT2D eigenvalue weighted by atomic mass is 16.5. The topological polar surface area (TPSA) is 42.4 Å². The van der Waals surface area contributed by atoms with E-state index in [1.807, 2.05) is 13.0 Å². The molecule has 98 valence electrons. The van der Waals surface area contributed by atoms with Crippen molar-refractivity contribution in [2.75, 3.05) is 18.1 Å². The molecule has 1 aromatic heterocycles. The fraction of sp³-hybridized carbons (Fsp3) is 0.571. The van der Waals surface area contributed by atoms with Gasteiger partial charge in [0.1, 0.15) is 5.82 Å². The van der Waals surface area contributed by atoms with Gasteiger partial charge in [0, 0.05) is 18.3 Å². The van der Waals surface area contributed by atoms with Crippen LogP contribution >= 0.6 is 0 Å². The van der Waals surface area contributed by atoms with E-state index in [9.17, 15) is 4.79 Å². The number of carbonyl (C=O) groups excluding carboxylic acids is 1. The minimum atomic E-state index is 0.222. The minimum absolute atomic E-state index is 0.222. The molecule has 18 heavy (non-hydrogen) atoms. The van der Waals surface area contributed by atoms with E-state index in [2.05, 4.69) is 23.7 Å². The Kier molecular flexibility index (Phi) is 3.97. The Morgan fingerprint density at radius 1 is 1.61 bits per heavy atom. The molecule has 0 radical (unpaired) electrons. The van der Waals surface area contributed by atoms with Crippen molar-refractivity contribution in [3.63, 3.8) is 0 Å². The molecule has 2 atom stereocenters. The molecular weight excluding hydrogens is 228 g/mol. The van der Waals surface area contributed by atoms with Crippen LogP contribution in [-0.2, 0) is 4.74 Å². The fourth-order valence-corrected chi connectivity index (χ4v) is 2.40. The highest BCUT2D eigenvalue weighted by Crippen LogP contribution is 2.24. The van der Waals surface area contributed by atoms with Gasteiger partial charge in [-0.2, -0.15) is 0 Å². The molecule has 4 nitrogen and oxygen atoms in total. The van der Waals surface area contributed by atoms with E-state index >= 15 is 0 Å². The van der Waals surface area contributed by atoms with Gasteiger partial charge in [0.25, 0.3) is 0 Å². The monoisotopic (exact) mass is 248 g/mol. The molecule has 2 rings (SSSR count). The highest BCUT2D eigenvalue weighted by molar-refractivity contribution is 5.75. The predicted molar refractivity (Wildman–Crippen MR) is 71.2 cm³/mol. The summed E-state index contributed by atoms with van der Waals surface area (Å²) < 4.78 is 5.69. The van der Waals surface area contributed by atoms with Crippen molar-refractivity contribution in [1.29, 1.82) is 0 Å². The van der Waals surface area contributed by atoms with Gasteiger partial charge in [0.2, 0.25) is 0 Å². The Morgan fingerprint density at radius 3 is 3.00 bits per heavy atom. The van der Waals surface area contributed by atoms with Crippen molar-refractivity contribution in [3.05, 3.63) is 23.4 Å². The molecule has 2 unspecified atom stereocenters. The molecule has 0 bridgehead atoms. The minimum Gasteiger partial charge on any atom is -0.375 e. The average molecular weight is 248 g/mol. The van der Waals surface area contributed by atoms with Crippen LogP contribution in [0.3, 0.4) is 0 Å². The Hall–Kier alpha value is -1.42. The zero-order chi connectivity index (χ0) is 13.1. The van der Waals surface area contributed by atoms with Crippen LogP contribution in [0.4, 0.5) is 5.82 Å². The van der Waals surface area contributed by atoms with Crippen LogP contribution in [0, 0.1) is 6.92 Å². The first-order valence-corrected chi connectivity index (χ1v) is 6.45. The van der Waals surface area contributed by atoms with Crippen LogP contribution in [0.5, 0.6) is 0 Å². The van der Waals surface area contributed by atoms with Gasteiger partial charge in [-0.15, -0.1) is 0 Å². The smallest absolute Gasteiger partial charge is 0.151 e. The summed E-state index contributed by atoms with van der Waals surface area (Å²) in [6, 6.07) is 2.26. The maximum atomic E-state index is 10.7. The van der Waals surface area contributed by atoms with Gasteiger partial charge < -0.3 is 9.64 Å². The highest BCUT2D eigenvalue weighted by Gasteiger charge is 2.27. The van der Waals surface area contributed by atoms with E-state index in [1.165, 1.54) is 0 Å². The first-order chi connectivity index (χ1) is 8.65. The van der Waals surface area contributed by atoms with E-state index in [4.69, 9.17) is 4.74 Å². The lowest BCUT2D eigenvalue weighted by molar-refractivity contribution is 0.0295. The number of rotatable bonds is 3. The van der Waals surface area contributed by atoms with Crippen molar-refractivity contribution < 1.29 is 9.53 Å². The quantitative estimate of drug-likeness (QED) is 0.769. The summed E-state index contributed by atoms with van der Waals surface area (Å²) >= 11 is 0. The summed E-state index contributed by atoms with van der Waals surface area (Å²) in [4.78, 5) is 17.5. The number of carbonyl (C=O) groups is 1. The molecule has 0 saturated carbocycles. The molecule has 2 heterocycles. The van der Waals surface area contributed by atoms with Crippen molar-refractivity contribution in [2.24, 2.45) is 0 Å². The van der Waals surface area contributed by atoms with Crippen molar-refractivity contribution >= 4 is 12.1 Å². The Bertz CT molecular complexity index is 434. The molecule has 0 spiro atoms. The van der Waals surface area contributed by atoms with E-state index < -0.39 is 0 Å². The fourth-order valence-electron chi connectivity index (χ4n) is 2.40. The second-order valence-electron chi connectivity index (χ2n) is 4.89. The van der Waals surface area contributed by atoms with Crippen molar-refractivity contribution in [2.45, 2.75) is 39.3 Å². The maximum absolute atomic E-state index is 10.7. The van der Waals surface area contributed by atoms with E-state index in [-0.39, 0.29) is 6.10 Å². The van der Waals surface area contributed by atoms with Gasteiger partial charge >= 0.3 is 0 Å². The first kappa shape index (κ1) is 13.0. The third-order valence-electron chi connectivity index (χ3n) is 3.42. The number of aryl methyl sites for hydroxylation is 1. The van der Waals surface area contributed by atoms with Gasteiger partial charge in [0.05, 0.1) is 18.8 Å². The third kappa shape index (κ3) is 2.53. The number of aldehydes is 1. The van der Waals surface area contributed by atoms with Crippen LogP contribution in [0.15, 0.2) is 12.3 Å². The number of pyridine rings is 1. The SMILES string of the molecule is CCC1COC(C)CN1c1ncc(C=O)cc1C. The number of morpholine rings is 1. The Morgan fingerprint density at radius 2 is 2.39 bits per heavy atom. The Balaban J connectivity index is 2.30. The second kappa shape index (κ2) is 5.48. The number of anilines is 1. The van der Waals surface area contributed by atoms with Gasteiger partial charge in [-0.05, 0) is 31.9 Å². The molecule has 1 aliphatic heterocycles. The number of nitrogens with zero attached hydrogens (tertiary/aromatic N) is 2. The largest absolute Gasteiger partial charge is 0.375 e. The van der Waals surface area contributed by atoms with Crippen LogP contribution < -0.4 is 4.90 Å². The lowest BCUT2D eigenvalue weighted by atomic mass is 10.1. The average Bonchev–Trinajstić information content (AvgIpc) is 2.38. The lowest BCUT2D eigenvalue weighted by Crippen LogP contribution is -2.49. The molecule has 4 heteroatoms. The van der Waals surface area contributed by atoms with Crippen LogP contribution in [-0.4, -0.2) is 36.6 Å². The maximum Gasteiger partial charge on any atom is 0.151 e. The van der Waals surface area contributed by atoms with Crippen LogP contribution in [0.25, 0.3) is 0 Å². The molecule has 1 aliphatic rings. The molecule has 0 N–H and O–H groups in total. The molecule has 0 aromatic carbocycles. The summed E-state index contributed by atoms with van der Waals surface area (Å²) in [6.45, 7) is 7.84. The molecule has 0 aliphatic carbocycles. The number of ether oxygens (including phenoxy) is 1.